The van der Waals surface area contributed by atoms with E-state index in [-0.39, 0.29) is 60.0 Å². The van der Waals surface area contributed by atoms with Crippen molar-refractivity contribution in [2.24, 2.45) is 0 Å². The Morgan fingerprint density at radius 2 is 1.60 bits per heavy atom. The monoisotopic (exact) mass is 737 g/mol. The van der Waals surface area contributed by atoms with Crippen LogP contribution >= 0.6 is 23.2 Å². The minimum Gasteiger partial charge on any atom is -0.338 e. The molecular formula is C32H29Cl2N9O6S. The van der Waals surface area contributed by atoms with Gasteiger partial charge in [0, 0.05) is 60.6 Å². The maximum Gasteiger partial charge on any atom is 0.322 e. The number of amides is 5. The number of halogens is 2. The Labute approximate surface area is 296 Å². The van der Waals surface area contributed by atoms with E-state index in [1.807, 2.05) is 24.3 Å². The highest BCUT2D eigenvalue weighted by Gasteiger charge is 2.52. The standard InChI is InChI=1S/C32H29Cl2N9O6S/c1-32(14-19-2-4-20(5-3-19)21-15-35-18-36-16-21)29(46)42(24-11-22(33)10-23(34)12-24)31-37-17-27(43(31)32)50(48,49)41-8-6-40(7-9-41)28(45)25-13-26(44)39-30(47)38-25/h2-5,10-12,15-18,25H,6-9,13-14H2,1H3,(H2,38,39,44,47)/t25-,32+/m0/s1. The van der Waals surface area contributed by atoms with Crippen LogP contribution in [-0.2, 0) is 36.4 Å². The number of nitrogens with zero attached hydrogens (tertiary/aromatic N) is 7. The molecule has 15 nitrogen and oxygen atoms in total. The third-order valence-corrected chi connectivity index (χ3v) is 11.3. The average Bonchev–Trinajstić information content (AvgIpc) is 3.62. The Hall–Kier alpha value is -4.90. The van der Waals surface area contributed by atoms with Gasteiger partial charge in [-0.05, 0) is 36.2 Å². The molecule has 0 saturated carbocycles. The number of urea groups is 1. The van der Waals surface area contributed by atoms with Crippen molar-refractivity contribution < 1.29 is 27.6 Å². The molecule has 0 radical (unpaired) electrons. The SMILES string of the molecule is C[C@@]1(Cc2ccc(-c3cncnc3)cc2)C(=O)N(c2cc(Cl)cc(Cl)c2)c2ncc(S(=O)(=O)N3CCN(C(=O)[C@@H]4CC(=O)NC(=O)N4)CC3)n21. The second-order valence-electron chi connectivity index (χ2n) is 12.3. The zero-order valence-electron chi connectivity index (χ0n) is 26.4. The van der Waals surface area contributed by atoms with Gasteiger partial charge < -0.3 is 10.2 Å². The number of sulfonamides is 1. The molecule has 0 unspecified atom stereocenters. The van der Waals surface area contributed by atoms with Gasteiger partial charge >= 0.3 is 6.03 Å². The van der Waals surface area contributed by atoms with Crippen molar-refractivity contribution in [2.45, 2.75) is 36.4 Å². The van der Waals surface area contributed by atoms with Crippen LogP contribution in [0.15, 0.2) is 72.4 Å². The van der Waals surface area contributed by atoms with E-state index in [0.29, 0.717) is 5.69 Å². The number of imide groups is 1. The number of rotatable bonds is 7. The normalized spacial score (nSPS) is 21.2. The summed E-state index contributed by atoms with van der Waals surface area (Å²) in [6.07, 6.45) is 5.94. The fraction of sp³-hybridized carbons (Fsp3) is 0.281. The molecule has 3 aliphatic heterocycles. The van der Waals surface area contributed by atoms with E-state index in [9.17, 15) is 27.6 Å². The smallest absolute Gasteiger partial charge is 0.322 e. The lowest BCUT2D eigenvalue weighted by Crippen LogP contribution is -2.60. The van der Waals surface area contributed by atoms with Crippen LogP contribution in [0.25, 0.3) is 11.1 Å². The quantitative estimate of drug-likeness (QED) is 0.288. The highest BCUT2D eigenvalue weighted by atomic mass is 35.5. The predicted octanol–water partition coefficient (Wildman–Crippen LogP) is 2.71. The van der Waals surface area contributed by atoms with Gasteiger partial charge in [-0.15, -0.1) is 0 Å². The number of benzene rings is 2. The molecular weight excluding hydrogens is 709 g/mol. The predicted molar refractivity (Wildman–Crippen MR) is 181 cm³/mol. The largest absolute Gasteiger partial charge is 0.338 e. The van der Waals surface area contributed by atoms with E-state index >= 15 is 0 Å². The van der Waals surface area contributed by atoms with Gasteiger partial charge in [0.1, 0.15) is 17.9 Å². The first-order valence-electron chi connectivity index (χ1n) is 15.5. The highest BCUT2D eigenvalue weighted by Crippen LogP contribution is 2.45. The highest BCUT2D eigenvalue weighted by molar-refractivity contribution is 7.89. The van der Waals surface area contributed by atoms with Gasteiger partial charge in [-0.3, -0.25) is 24.3 Å². The Bertz CT molecular complexity index is 2100. The van der Waals surface area contributed by atoms with Gasteiger partial charge in [-0.1, -0.05) is 47.5 Å². The minimum absolute atomic E-state index is 0.0230. The van der Waals surface area contributed by atoms with Crippen LogP contribution in [0.2, 0.25) is 10.0 Å². The number of nitrogens with one attached hydrogen (secondary N) is 2. The number of hydrogen-bond acceptors (Lipinski definition) is 9. The van der Waals surface area contributed by atoms with E-state index in [2.05, 4.69) is 25.6 Å². The number of piperazine rings is 1. The maximum atomic E-state index is 14.5. The third-order valence-electron chi connectivity index (χ3n) is 8.97. The summed E-state index contributed by atoms with van der Waals surface area (Å²) in [6, 6.07) is 10.3. The Morgan fingerprint density at radius 3 is 2.24 bits per heavy atom. The van der Waals surface area contributed by atoms with Crippen LogP contribution in [0, 0.1) is 0 Å². The van der Waals surface area contributed by atoms with Crippen LogP contribution in [0.4, 0.5) is 16.4 Å². The van der Waals surface area contributed by atoms with Crippen molar-refractivity contribution in [3.8, 4) is 11.1 Å². The summed E-state index contributed by atoms with van der Waals surface area (Å²) >= 11 is 12.6. The molecule has 2 N–H and O–H groups in total. The molecule has 3 aliphatic rings. The lowest BCUT2D eigenvalue weighted by molar-refractivity contribution is -0.137. The van der Waals surface area contributed by atoms with Crippen molar-refractivity contribution in [1.29, 1.82) is 0 Å². The van der Waals surface area contributed by atoms with Crippen molar-refractivity contribution >= 4 is 68.6 Å². The number of fused-ring (bicyclic) bond motifs is 1. The molecule has 2 saturated heterocycles. The molecule has 18 heteroatoms. The van der Waals surface area contributed by atoms with Crippen molar-refractivity contribution in [3.05, 3.63) is 83.0 Å². The molecule has 0 aliphatic carbocycles. The molecule has 2 aromatic carbocycles. The topological polar surface area (TPSA) is 180 Å². The van der Waals surface area contributed by atoms with E-state index in [0.717, 1.165) is 16.7 Å². The van der Waals surface area contributed by atoms with E-state index < -0.39 is 45.4 Å². The lowest BCUT2D eigenvalue weighted by Gasteiger charge is -2.36. The van der Waals surface area contributed by atoms with Crippen LogP contribution in [0.3, 0.4) is 0 Å². The summed E-state index contributed by atoms with van der Waals surface area (Å²) in [7, 11) is -4.27. The molecule has 4 aromatic rings. The first kappa shape index (κ1) is 33.6. The Balaban J connectivity index is 1.21. The summed E-state index contributed by atoms with van der Waals surface area (Å²) in [5.41, 5.74) is 1.30. The number of imidazole rings is 1. The zero-order valence-corrected chi connectivity index (χ0v) is 28.7. The average molecular weight is 739 g/mol. The van der Waals surface area contributed by atoms with Gasteiger partial charge in [-0.2, -0.15) is 4.31 Å². The van der Waals surface area contributed by atoms with Crippen LogP contribution in [0.1, 0.15) is 18.9 Å². The molecule has 2 aromatic heterocycles. The number of aromatic nitrogens is 4. The summed E-state index contributed by atoms with van der Waals surface area (Å²) in [5.74, 6) is -1.41. The molecule has 5 heterocycles. The van der Waals surface area contributed by atoms with Crippen molar-refractivity contribution in [1.82, 2.24) is 39.4 Å². The van der Waals surface area contributed by atoms with Gasteiger partial charge in [-0.25, -0.2) is 33.1 Å². The molecule has 0 bridgehead atoms. The second-order valence-corrected chi connectivity index (χ2v) is 15.0. The third kappa shape index (κ3) is 5.97. The van der Waals surface area contributed by atoms with E-state index in [1.165, 1.54) is 37.3 Å². The van der Waals surface area contributed by atoms with Crippen LogP contribution < -0.4 is 15.5 Å². The number of carbonyl (C=O) groups excluding carboxylic acids is 4. The molecule has 2 fully saturated rings. The lowest BCUT2D eigenvalue weighted by atomic mass is 9.91. The summed E-state index contributed by atoms with van der Waals surface area (Å²) < 4.78 is 31.3. The summed E-state index contributed by atoms with van der Waals surface area (Å²) in [4.78, 5) is 66.4. The maximum absolute atomic E-state index is 14.5. The van der Waals surface area contributed by atoms with Crippen LogP contribution in [0.5, 0.6) is 0 Å². The Morgan fingerprint density at radius 1 is 0.940 bits per heavy atom. The molecule has 7 rings (SSSR count). The molecule has 50 heavy (non-hydrogen) atoms. The summed E-state index contributed by atoms with van der Waals surface area (Å²) in [5, 5.41) is 4.88. The van der Waals surface area contributed by atoms with Gasteiger partial charge in [0.05, 0.1) is 18.3 Å². The van der Waals surface area contributed by atoms with E-state index in [1.54, 1.807) is 31.5 Å². The second kappa shape index (κ2) is 12.8. The zero-order chi connectivity index (χ0) is 35.4. The first-order chi connectivity index (χ1) is 23.8. The van der Waals surface area contributed by atoms with Crippen LogP contribution in [-0.4, -0.2) is 93.1 Å². The minimum atomic E-state index is -4.27. The van der Waals surface area contributed by atoms with Gasteiger partial charge in [0.2, 0.25) is 17.8 Å². The first-order valence-corrected chi connectivity index (χ1v) is 17.7. The molecule has 5 amide bonds. The fourth-order valence-electron chi connectivity index (χ4n) is 6.53. The molecule has 2 atom stereocenters. The summed E-state index contributed by atoms with van der Waals surface area (Å²) in [6.45, 7) is 1.58. The number of carbonyl (C=O) groups is 4. The Kier molecular flexibility index (Phi) is 8.58. The van der Waals surface area contributed by atoms with Gasteiger partial charge in [0.25, 0.3) is 15.9 Å². The van der Waals surface area contributed by atoms with E-state index in [4.69, 9.17) is 23.2 Å². The molecule has 258 valence electrons. The van der Waals surface area contributed by atoms with Gasteiger partial charge in [0.15, 0.2) is 5.03 Å². The van der Waals surface area contributed by atoms with Crippen molar-refractivity contribution in [2.75, 3.05) is 31.1 Å². The number of hydrogen-bond donors (Lipinski definition) is 2. The van der Waals surface area contributed by atoms with Crippen molar-refractivity contribution in [3.63, 3.8) is 0 Å². The molecule has 0 spiro atoms. The number of anilines is 2. The fourth-order valence-corrected chi connectivity index (χ4v) is 8.66.